The van der Waals surface area contributed by atoms with E-state index in [0.29, 0.717) is 23.9 Å². The molecule has 1 saturated heterocycles. The summed E-state index contributed by atoms with van der Waals surface area (Å²) in [5.74, 6) is -0.815. The zero-order chi connectivity index (χ0) is 24.0. The van der Waals surface area contributed by atoms with Crippen LogP contribution in [-0.4, -0.2) is 65.3 Å². The summed E-state index contributed by atoms with van der Waals surface area (Å²) in [4.78, 5) is 24.4. The number of methoxy groups -OCH3 is 1. The van der Waals surface area contributed by atoms with Crippen molar-refractivity contribution in [2.24, 2.45) is 0 Å². The van der Waals surface area contributed by atoms with Crippen LogP contribution >= 0.6 is 11.8 Å². The average Bonchev–Trinajstić information content (AvgIpc) is 2.99. The van der Waals surface area contributed by atoms with Crippen molar-refractivity contribution in [1.82, 2.24) is 19.1 Å². The van der Waals surface area contributed by atoms with Crippen LogP contribution in [0.2, 0.25) is 0 Å². The number of esters is 1. The molecule has 0 aliphatic carbocycles. The van der Waals surface area contributed by atoms with Gasteiger partial charge >= 0.3 is 5.97 Å². The van der Waals surface area contributed by atoms with Crippen LogP contribution in [0.25, 0.3) is 0 Å². The van der Waals surface area contributed by atoms with Crippen LogP contribution in [0.15, 0.2) is 34.3 Å². The van der Waals surface area contributed by atoms with Crippen molar-refractivity contribution in [3.8, 4) is 0 Å². The summed E-state index contributed by atoms with van der Waals surface area (Å²) < 4.78 is 33.4. The first kappa shape index (κ1) is 25.0. The summed E-state index contributed by atoms with van der Waals surface area (Å²) >= 11 is 1.06. The molecule has 1 atom stereocenters. The fourth-order valence-corrected chi connectivity index (χ4v) is 5.81. The maximum Gasteiger partial charge on any atom is 0.316 e. The van der Waals surface area contributed by atoms with E-state index in [1.807, 2.05) is 0 Å². The number of benzene rings is 1. The molecular formula is C20H28N6O5S2. The standard InChI is InChI=1S/C20H28N6O5S2/c1-14(26-19(21)23-24-20(26)32-13-17(27)31-2)18(28)22-15-7-9-16(10-8-15)33(29,30)25-11-5-3-4-6-12-25/h7-10,14H,3-6,11-13H2,1-2H3,(H2,21,23)(H,22,28). The second-order valence-electron chi connectivity index (χ2n) is 7.58. The molecule has 11 nitrogen and oxygen atoms in total. The van der Waals surface area contributed by atoms with Gasteiger partial charge in [-0.25, -0.2) is 8.42 Å². The molecule has 180 valence electrons. The maximum absolute atomic E-state index is 12.9. The molecule has 3 rings (SSSR count). The molecule has 3 N–H and O–H groups in total. The van der Waals surface area contributed by atoms with Gasteiger partial charge in [0.05, 0.1) is 17.8 Å². The number of hydrogen-bond acceptors (Lipinski definition) is 9. The molecule has 2 heterocycles. The largest absolute Gasteiger partial charge is 0.468 e. The van der Waals surface area contributed by atoms with Gasteiger partial charge in [0, 0.05) is 18.8 Å². The number of nitrogens with one attached hydrogen (secondary N) is 1. The molecule has 0 radical (unpaired) electrons. The molecule has 1 aromatic carbocycles. The Bertz CT molecular complexity index is 1080. The minimum absolute atomic E-state index is 0.00404. The molecule has 1 fully saturated rings. The van der Waals surface area contributed by atoms with E-state index in [2.05, 4.69) is 20.3 Å². The summed E-state index contributed by atoms with van der Waals surface area (Å²) in [6, 6.07) is 5.31. The SMILES string of the molecule is COC(=O)CSc1nnc(N)n1C(C)C(=O)Nc1ccc(S(=O)(=O)N2CCCCCC2)cc1. The van der Waals surface area contributed by atoms with Gasteiger partial charge in [-0.1, -0.05) is 24.6 Å². The van der Waals surface area contributed by atoms with Crippen molar-refractivity contribution >= 4 is 45.3 Å². The quantitative estimate of drug-likeness (QED) is 0.412. The summed E-state index contributed by atoms with van der Waals surface area (Å²) in [6.45, 7) is 2.67. The number of ether oxygens (including phenoxy) is 1. The molecule has 1 amide bonds. The van der Waals surface area contributed by atoms with E-state index in [1.54, 1.807) is 19.1 Å². The number of carbonyl (C=O) groups excluding carboxylic acids is 2. The third-order valence-corrected chi connectivity index (χ3v) is 8.16. The van der Waals surface area contributed by atoms with Gasteiger partial charge in [-0.15, -0.1) is 10.2 Å². The monoisotopic (exact) mass is 496 g/mol. The lowest BCUT2D eigenvalue weighted by Crippen LogP contribution is -2.31. The van der Waals surface area contributed by atoms with Crippen LogP contribution in [0.1, 0.15) is 38.6 Å². The highest BCUT2D eigenvalue weighted by atomic mass is 32.2. The fraction of sp³-hybridized carbons (Fsp3) is 0.500. The first-order valence-corrected chi connectivity index (χ1v) is 13.0. The van der Waals surface area contributed by atoms with Gasteiger partial charge in [-0.3, -0.25) is 14.2 Å². The predicted octanol–water partition coefficient (Wildman–Crippen LogP) is 1.89. The van der Waals surface area contributed by atoms with E-state index in [1.165, 1.54) is 28.1 Å². The van der Waals surface area contributed by atoms with Gasteiger partial charge in [-0.2, -0.15) is 4.31 Å². The molecule has 1 aliphatic rings. The van der Waals surface area contributed by atoms with Gasteiger partial charge in [0.15, 0.2) is 5.16 Å². The highest BCUT2D eigenvalue weighted by Crippen LogP contribution is 2.25. The number of nitrogens with two attached hydrogens (primary N) is 1. The van der Waals surface area contributed by atoms with E-state index >= 15 is 0 Å². The molecule has 33 heavy (non-hydrogen) atoms. The van der Waals surface area contributed by atoms with Crippen LogP contribution in [0, 0.1) is 0 Å². The second kappa shape index (κ2) is 11.0. The zero-order valence-electron chi connectivity index (χ0n) is 18.6. The van der Waals surface area contributed by atoms with E-state index < -0.39 is 27.9 Å². The lowest BCUT2D eigenvalue weighted by Gasteiger charge is -2.20. The highest BCUT2D eigenvalue weighted by molar-refractivity contribution is 7.99. The van der Waals surface area contributed by atoms with Gasteiger partial charge in [0.2, 0.25) is 21.9 Å². The van der Waals surface area contributed by atoms with Crippen LogP contribution in [0.3, 0.4) is 0 Å². The summed E-state index contributed by atoms with van der Waals surface area (Å²) in [7, 11) is -2.29. The van der Waals surface area contributed by atoms with Crippen molar-refractivity contribution in [3.63, 3.8) is 0 Å². The smallest absolute Gasteiger partial charge is 0.316 e. The van der Waals surface area contributed by atoms with Crippen LogP contribution in [-0.2, 0) is 24.3 Å². The number of nitrogens with zero attached hydrogens (tertiary/aromatic N) is 4. The van der Waals surface area contributed by atoms with Crippen molar-refractivity contribution in [3.05, 3.63) is 24.3 Å². The number of rotatable bonds is 8. The van der Waals surface area contributed by atoms with E-state index in [0.717, 1.165) is 37.4 Å². The summed E-state index contributed by atoms with van der Waals surface area (Å²) in [6.07, 6.45) is 3.79. The minimum atomic E-state index is -3.57. The first-order chi connectivity index (χ1) is 15.7. The normalized spacial score (nSPS) is 16.1. The second-order valence-corrected chi connectivity index (χ2v) is 10.5. The molecule has 1 aromatic heterocycles. The molecule has 0 bridgehead atoms. The molecule has 2 aromatic rings. The topological polar surface area (TPSA) is 150 Å². The van der Waals surface area contributed by atoms with Crippen LogP contribution in [0.5, 0.6) is 0 Å². The lowest BCUT2D eigenvalue weighted by molar-refractivity contribution is -0.137. The zero-order valence-corrected chi connectivity index (χ0v) is 20.2. The Hall–Kier alpha value is -2.64. The number of anilines is 2. The number of nitrogen functional groups attached to an aromatic ring is 1. The number of aromatic nitrogens is 3. The van der Waals surface area contributed by atoms with Gasteiger partial charge < -0.3 is 15.8 Å². The Morgan fingerprint density at radius 3 is 2.39 bits per heavy atom. The highest BCUT2D eigenvalue weighted by Gasteiger charge is 2.26. The van der Waals surface area contributed by atoms with E-state index in [-0.39, 0.29) is 16.6 Å². The maximum atomic E-state index is 12.9. The first-order valence-electron chi connectivity index (χ1n) is 10.5. The minimum Gasteiger partial charge on any atom is -0.468 e. The van der Waals surface area contributed by atoms with E-state index in [4.69, 9.17) is 5.73 Å². The number of sulfonamides is 1. The van der Waals surface area contributed by atoms with Crippen LogP contribution in [0.4, 0.5) is 11.6 Å². The van der Waals surface area contributed by atoms with Crippen molar-refractivity contribution in [2.45, 2.75) is 48.7 Å². The Labute approximate surface area is 197 Å². The van der Waals surface area contributed by atoms with Crippen molar-refractivity contribution in [1.29, 1.82) is 0 Å². The predicted molar refractivity (Wildman–Crippen MR) is 124 cm³/mol. The lowest BCUT2D eigenvalue weighted by atomic mass is 10.2. The van der Waals surface area contributed by atoms with Gasteiger partial charge in [0.25, 0.3) is 0 Å². The number of amides is 1. The summed E-state index contributed by atoms with van der Waals surface area (Å²) in [5, 5.41) is 10.8. The number of thioether (sulfide) groups is 1. The van der Waals surface area contributed by atoms with E-state index in [9.17, 15) is 18.0 Å². The van der Waals surface area contributed by atoms with Crippen LogP contribution < -0.4 is 11.1 Å². The Kier molecular flexibility index (Phi) is 8.32. The molecular weight excluding hydrogens is 468 g/mol. The summed E-state index contributed by atoms with van der Waals surface area (Å²) in [5.41, 5.74) is 6.31. The average molecular weight is 497 g/mol. The van der Waals surface area contributed by atoms with Gasteiger partial charge in [0.1, 0.15) is 6.04 Å². The molecule has 0 saturated carbocycles. The molecule has 0 spiro atoms. The fourth-order valence-electron chi connectivity index (χ4n) is 3.44. The molecule has 1 unspecified atom stereocenters. The Morgan fingerprint density at radius 2 is 1.79 bits per heavy atom. The third kappa shape index (κ3) is 6.03. The molecule has 1 aliphatic heterocycles. The Balaban J connectivity index is 1.68. The van der Waals surface area contributed by atoms with Crippen molar-refractivity contribution in [2.75, 3.05) is 37.0 Å². The Morgan fingerprint density at radius 1 is 1.15 bits per heavy atom. The number of carbonyl (C=O) groups is 2. The van der Waals surface area contributed by atoms with Crippen molar-refractivity contribution < 1.29 is 22.7 Å². The molecule has 13 heteroatoms. The number of hydrogen-bond donors (Lipinski definition) is 2. The van der Waals surface area contributed by atoms with Gasteiger partial charge in [-0.05, 0) is 44.0 Å². The third-order valence-electron chi connectivity index (χ3n) is 5.33.